The number of Topliss-reactive ketones (excluding diaryl/α,β-unsaturated/α-hetero) is 1. The van der Waals surface area contributed by atoms with E-state index in [0.29, 0.717) is 0 Å². The zero-order valence-corrected chi connectivity index (χ0v) is 10.8. The standard InChI is InChI=1S/C14H21NO/c1-6-13(15-5)14(16)12-8-10(3)9(2)7-11(12)4/h7-8,13,15H,6H2,1-5H3. The zero-order chi connectivity index (χ0) is 12.3. The molecule has 16 heavy (non-hydrogen) atoms. The molecule has 0 saturated heterocycles. The van der Waals surface area contributed by atoms with Gasteiger partial charge >= 0.3 is 0 Å². The Labute approximate surface area is 98.1 Å². The minimum absolute atomic E-state index is 0.0687. The highest BCUT2D eigenvalue weighted by Gasteiger charge is 2.18. The van der Waals surface area contributed by atoms with Gasteiger partial charge in [-0.05, 0) is 57.0 Å². The summed E-state index contributed by atoms with van der Waals surface area (Å²) in [5.41, 5.74) is 4.34. The summed E-state index contributed by atoms with van der Waals surface area (Å²) in [6.07, 6.45) is 0.821. The molecule has 1 atom stereocenters. The van der Waals surface area contributed by atoms with Crippen molar-refractivity contribution in [1.29, 1.82) is 0 Å². The number of hydrogen-bond acceptors (Lipinski definition) is 2. The Balaban J connectivity index is 3.13. The van der Waals surface area contributed by atoms with Gasteiger partial charge in [0, 0.05) is 5.56 Å². The van der Waals surface area contributed by atoms with Gasteiger partial charge < -0.3 is 5.32 Å². The average molecular weight is 219 g/mol. The molecule has 0 radical (unpaired) electrons. The molecule has 0 aliphatic heterocycles. The van der Waals surface area contributed by atoms with Crippen LogP contribution in [0.3, 0.4) is 0 Å². The minimum Gasteiger partial charge on any atom is -0.310 e. The van der Waals surface area contributed by atoms with Crippen LogP contribution in [0.5, 0.6) is 0 Å². The predicted molar refractivity (Wildman–Crippen MR) is 68.1 cm³/mol. The summed E-state index contributed by atoms with van der Waals surface area (Å²) < 4.78 is 0. The second-order valence-corrected chi connectivity index (χ2v) is 4.37. The van der Waals surface area contributed by atoms with Crippen LogP contribution in [-0.4, -0.2) is 18.9 Å². The topological polar surface area (TPSA) is 29.1 Å². The molecule has 0 saturated carbocycles. The predicted octanol–water partition coefficient (Wildman–Crippen LogP) is 2.79. The van der Waals surface area contributed by atoms with Crippen LogP contribution in [0.1, 0.15) is 40.4 Å². The highest BCUT2D eigenvalue weighted by Crippen LogP contribution is 2.17. The summed E-state index contributed by atoms with van der Waals surface area (Å²) in [6.45, 7) is 8.15. The van der Waals surface area contributed by atoms with Crippen molar-refractivity contribution < 1.29 is 4.79 Å². The van der Waals surface area contributed by atoms with Crippen molar-refractivity contribution in [2.45, 2.75) is 40.2 Å². The van der Waals surface area contributed by atoms with Gasteiger partial charge in [0.25, 0.3) is 0 Å². The summed E-state index contributed by atoms with van der Waals surface area (Å²) in [4.78, 5) is 12.2. The van der Waals surface area contributed by atoms with Crippen molar-refractivity contribution in [3.05, 3.63) is 34.4 Å². The number of hydrogen-bond donors (Lipinski definition) is 1. The van der Waals surface area contributed by atoms with Crippen molar-refractivity contribution in [3.63, 3.8) is 0 Å². The van der Waals surface area contributed by atoms with Gasteiger partial charge in [0.2, 0.25) is 0 Å². The summed E-state index contributed by atoms with van der Waals surface area (Å²) in [5, 5.41) is 3.06. The SMILES string of the molecule is CCC(NC)C(=O)c1cc(C)c(C)cc1C. The van der Waals surface area contributed by atoms with E-state index >= 15 is 0 Å². The van der Waals surface area contributed by atoms with Crippen LogP contribution in [0, 0.1) is 20.8 Å². The lowest BCUT2D eigenvalue weighted by Gasteiger charge is -2.15. The van der Waals surface area contributed by atoms with E-state index in [-0.39, 0.29) is 11.8 Å². The third-order valence-electron chi connectivity index (χ3n) is 3.18. The van der Waals surface area contributed by atoms with Crippen LogP contribution < -0.4 is 5.32 Å². The Morgan fingerprint density at radius 3 is 2.25 bits per heavy atom. The fraction of sp³-hybridized carbons (Fsp3) is 0.500. The van der Waals surface area contributed by atoms with Crippen LogP contribution in [-0.2, 0) is 0 Å². The van der Waals surface area contributed by atoms with Crippen LogP contribution in [0.15, 0.2) is 12.1 Å². The monoisotopic (exact) mass is 219 g/mol. The molecular formula is C14H21NO. The molecule has 0 heterocycles. The first-order valence-corrected chi connectivity index (χ1v) is 5.80. The Bertz CT molecular complexity index is 392. The summed E-state index contributed by atoms with van der Waals surface area (Å²) in [6, 6.07) is 4.03. The summed E-state index contributed by atoms with van der Waals surface area (Å²) >= 11 is 0. The molecule has 0 fully saturated rings. The van der Waals surface area contributed by atoms with Crippen molar-refractivity contribution in [3.8, 4) is 0 Å². The first-order valence-electron chi connectivity index (χ1n) is 5.80. The third kappa shape index (κ3) is 2.50. The lowest BCUT2D eigenvalue weighted by Crippen LogP contribution is -2.33. The Hall–Kier alpha value is -1.15. The van der Waals surface area contributed by atoms with E-state index in [1.165, 1.54) is 11.1 Å². The van der Waals surface area contributed by atoms with Gasteiger partial charge in [-0.3, -0.25) is 4.79 Å². The maximum Gasteiger partial charge on any atom is 0.179 e. The fourth-order valence-electron chi connectivity index (χ4n) is 1.93. The summed E-state index contributed by atoms with van der Waals surface area (Å²) in [5.74, 6) is 0.200. The number of carbonyl (C=O) groups excluding carboxylic acids is 1. The maximum atomic E-state index is 12.2. The molecule has 1 unspecified atom stereocenters. The first-order chi connectivity index (χ1) is 7.51. The zero-order valence-electron chi connectivity index (χ0n) is 10.8. The number of benzene rings is 1. The van der Waals surface area contributed by atoms with Gasteiger partial charge in [-0.2, -0.15) is 0 Å². The molecule has 88 valence electrons. The molecular weight excluding hydrogens is 198 g/mol. The van der Waals surface area contributed by atoms with Gasteiger partial charge in [0.05, 0.1) is 6.04 Å². The van der Waals surface area contributed by atoms with Crippen LogP contribution in [0.2, 0.25) is 0 Å². The number of rotatable bonds is 4. The fourth-order valence-corrected chi connectivity index (χ4v) is 1.93. The molecule has 1 N–H and O–H groups in total. The van der Waals surface area contributed by atoms with Crippen LogP contribution in [0.4, 0.5) is 0 Å². The minimum atomic E-state index is -0.0687. The first kappa shape index (κ1) is 12.9. The molecule has 0 aromatic heterocycles. The maximum absolute atomic E-state index is 12.2. The van der Waals surface area contributed by atoms with Crippen molar-refractivity contribution >= 4 is 5.78 Å². The van der Waals surface area contributed by atoms with Crippen molar-refractivity contribution in [2.75, 3.05) is 7.05 Å². The van der Waals surface area contributed by atoms with Crippen LogP contribution in [0.25, 0.3) is 0 Å². The number of aryl methyl sites for hydroxylation is 3. The molecule has 1 aromatic rings. The largest absolute Gasteiger partial charge is 0.310 e. The number of ketones is 1. The van der Waals surface area contributed by atoms with E-state index in [9.17, 15) is 4.79 Å². The molecule has 0 bridgehead atoms. The Morgan fingerprint density at radius 1 is 1.19 bits per heavy atom. The van der Waals surface area contributed by atoms with Crippen molar-refractivity contribution in [2.24, 2.45) is 0 Å². The third-order valence-corrected chi connectivity index (χ3v) is 3.18. The lowest BCUT2D eigenvalue weighted by molar-refractivity contribution is 0.0944. The van der Waals surface area contributed by atoms with Gasteiger partial charge in [-0.25, -0.2) is 0 Å². The van der Waals surface area contributed by atoms with Crippen molar-refractivity contribution in [1.82, 2.24) is 5.32 Å². The summed E-state index contributed by atoms with van der Waals surface area (Å²) in [7, 11) is 1.84. The Kier molecular flexibility index (Phi) is 4.25. The number of likely N-dealkylation sites (N-methyl/N-ethyl adjacent to an activating group) is 1. The molecule has 0 amide bonds. The highest BCUT2D eigenvalue weighted by atomic mass is 16.1. The Morgan fingerprint density at radius 2 is 1.75 bits per heavy atom. The van der Waals surface area contributed by atoms with E-state index in [4.69, 9.17) is 0 Å². The molecule has 2 heteroatoms. The van der Waals surface area contributed by atoms with E-state index in [2.05, 4.69) is 18.3 Å². The van der Waals surface area contributed by atoms with E-state index in [1.54, 1.807) is 0 Å². The van der Waals surface area contributed by atoms with E-state index < -0.39 is 0 Å². The van der Waals surface area contributed by atoms with E-state index in [1.807, 2.05) is 33.9 Å². The smallest absolute Gasteiger partial charge is 0.179 e. The van der Waals surface area contributed by atoms with Gasteiger partial charge in [0.15, 0.2) is 5.78 Å². The molecule has 0 spiro atoms. The molecule has 1 aromatic carbocycles. The van der Waals surface area contributed by atoms with Gasteiger partial charge in [0.1, 0.15) is 0 Å². The number of nitrogens with one attached hydrogen (secondary N) is 1. The average Bonchev–Trinajstić information content (AvgIpc) is 2.25. The molecule has 2 nitrogen and oxygen atoms in total. The van der Waals surface area contributed by atoms with Crippen LogP contribution >= 0.6 is 0 Å². The number of carbonyl (C=O) groups is 1. The van der Waals surface area contributed by atoms with E-state index in [0.717, 1.165) is 17.5 Å². The normalized spacial score (nSPS) is 12.6. The second-order valence-electron chi connectivity index (χ2n) is 4.37. The van der Waals surface area contributed by atoms with Gasteiger partial charge in [-0.15, -0.1) is 0 Å². The lowest BCUT2D eigenvalue weighted by atomic mass is 9.94. The molecule has 0 aliphatic rings. The molecule has 0 aliphatic carbocycles. The second kappa shape index (κ2) is 5.26. The highest BCUT2D eigenvalue weighted by molar-refractivity contribution is 6.01. The van der Waals surface area contributed by atoms with Gasteiger partial charge in [-0.1, -0.05) is 13.0 Å². The quantitative estimate of drug-likeness (QED) is 0.789. The molecule has 1 rings (SSSR count).